The van der Waals surface area contributed by atoms with Crippen LogP contribution in [-0.2, 0) is 4.79 Å². The number of nitrogens with one attached hydrogen (secondary N) is 1. The Kier molecular flexibility index (Phi) is 6.06. The average molecular weight is 357 g/mol. The van der Waals surface area contributed by atoms with E-state index in [4.69, 9.17) is 4.74 Å². The van der Waals surface area contributed by atoms with Crippen molar-refractivity contribution in [2.24, 2.45) is 0 Å². The topological polar surface area (TPSA) is 38.3 Å². The van der Waals surface area contributed by atoms with E-state index >= 15 is 0 Å². The summed E-state index contributed by atoms with van der Waals surface area (Å²) in [7, 11) is 0. The van der Waals surface area contributed by atoms with Crippen molar-refractivity contribution in [1.82, 2.24) is 0 Å². The highest BCUT2D eigenvalue weighted by atomic mass is 16.5. The molecule has 0 radical (unpaired) electrons. The maximum Gasteiger partial charge on any atom is 0.236 e. The monoisotopic (exact) mass is 357 g/mol. The number of hydrogen-bond donors (Lipinski definition) is 1. The van der Waals surface area contributed by atoms with Gasteiger partial charge in [0.25, 0.3) is 0 Å². The summed E-state index contributed by atoms with van der Waals surface area (Å²) < 4.78 is 5.78. The van der Waals surface area contributed by atoms with Crippen molar-refractivity contribution in [2.75, 3.05) is 11.9 Å². The number of rotatable bonds is 7. The quantitative estimate of drug-likeness (QED) is 0.574. The van der Waals surface area contributed by atoms with E-state index in [1.807, 2.05) is 91.9 Å². The minimum atomic E-state index is -0.401. The first kappa shape index (κ1) is 18.5. The van der Waals surface area contributed by atoms with Crippen LogP contribution in [0.3, 0.4) is 0 Å². The third-order valence-electron chi connectivity index (χ3n) is 4.15. The molecule has 3 nitrogen and oxygen atoms in total. The minimum Gasteiger partial charge on any atom is -0.487 e. The Morgan fingerprint density at radius 3 is 1.96 bits per heavy atom. The number of carbonyl (C=O) groups is 1. The maximum absolute atomic E-state index is 13.2. The lowest BCUT2D eigenvalue weighted by Crippen LogP contribution is -2.22. The summed E-state index contributed by atoms with van der Waals surface area (Å²) in [6.07, 6.45) is 0. The van der Waals surface area contributed by atoms with E-state index in [1.54, 1.807) is 0 Å². The Morgan fingerprint density at radius 2 is 1.41 bits per heavy atom. The summed E-state index contributed by atoms with van der Waals surface area (Å²) >= 11 is 0. The highest BCUT2D eigenvalue weighted by Crippen LogP contribution is 2.29. The van der Waals surface area contributed by atoms with Gasteiger partial charge in [-0.05, 0) is 35.8 Å². The molecule has 0 aliphatic carbocycles. The van der Waals surface area contributed by atoms with E-state index in [0.29, 0.717) is 18.0 Å². The van der Waals surface area contributed by atoms with E-state index in [9.17, 15) is 4.79 Å². The zero-order valence-electron chi connectivity index (χ0n) is 15.4. The summed E-state index contributed by atoms with van der Waals surface area (Å²) in [6, 6.07) is 27.0. The first-order valence-electron chi connectivity index (χ1n) is 8.92. The third kappa shape index (κ3) is 4.85. The molecule has 0 bridgehead atoms. The van der Waals surface area contributed by atoms with Crippen molar-refractivity contribution in [2.45, 2.75) is 12.8 Å². The Bertz CT molecular complexity index is 864. The van der Waals surface area contributed by atoms with Crippen LogP contribution in [0, 0.1) is 0 Å². The fraction of sp³-hybridized carbons (Fsp3) is 0.125. The highest BCUT2D eigenvalue weighted by molar-refractivity contribution is 5.99. The molecule has 0 aliphatic rings. The summed E-state index contributed by atoms with van der Waals surface area (Å²) in [5, 5.41) is 3.04. The van der Waals surface area contributed by atoms with Crippen molar-refractivity contribution in [3.63, 3.8) is 0 Å². The standard InChI is InChI=1S/C24H23NO2/c1-18(2)17-27-22-16-10-9-15-21(22)25-24(26)23(19-11-5-3-6-12-19)20-13-7-4-8-14-20/h3-16,23H,1,17H2,2H3,(H,25,26). The Morgan fingerprint density at radius 1 is 0.889 bits per heavy atom. The number of benzene rings is 3. The second-order valence-corrected chi connectivity index (χ2v) is 6.49. The Labute approximate surface area is 160 Å². The van der Waals surface area contributed by atoms with Gasteiger partial charge in [0.2, 0.25) is 5.91 Å². The van der Waals surface area contributed by atoms with Gasteiger partial charge in [0.05, 0.1) is 11.6 Å². The molecule has 0 saturated heterocycles. The maximum atomic E-state index is 13.2. The number of hydrogen-bond acceptors (Lipinski definition) is 2. The number of ether oxygens (including phenoxy) is 1. The lowest BCUT2D eigenvalue weighted by atomic mass is 9.90. The lowest BCUT2D eigenvalue weighted by Gasteiger charge is -2.19. The fourth-order valence-electron chi connectivity index (χ4n) is 2.89. The minimum absolute atomic E-state index is 0.0984. The molecule has 0 heterocycles. The van der Waals surface area contributed by atoms with Gasteiger partial charge in [-0.2, -0.15) is 0 Å². The number of para-hydroxylation sites is 2. The Hall–Kier alpha value is -3.33. The molecule has 0 aliphatic heterocycles. The van der Waals surface area contributed by atoms with Gasteiger partial charge in [0.15, 0.2) is 0 Å². The lowest BCUT2D eigenvalue weighted by molar-refractivity contribution is -0.116. The summed E-state index contributed by atoms with van der Waals surface area (Å²) in [5.74, 6) is 0.133. The van der Waals surface area contributed by atoms with Crippen molar-refractivity contribution in [3.05, 3.63) is 108 Å². The SMILES string of the molecule is C=C(C)COc1ccccc1NC(=O)C(c1ccccc1)c1ccccc1. The van der Waals surface area contributed by atoms with Gasteiger partial charge in [-0.15, -0.1) is 0 Å². The molecular formula is C24H23NO2. The van der Waals surface area contributed by atoms with Crippen LogP contribution >= 0.6 is 0 Å². The van der Waals surface area contributed by atoms with Gasteiger partial charge in [0, 0.05) is 0 Å². The molecule has 0 fully saturated rings. The molecule has 0 unspecified atom stereocenters. The van der Waals surface area contributed by atoms with Crippen LogP contribution in [0.15, 0.2) is 97.1 Å². The largest absolute Gasteiger partial charge is 0.487 e. The zero-order chi connectivity index (χ0) is 19.1. The summed E-state index contributed by atoms with van der Waals surface area (Å²) in [6.45, 7) is 6.17. The van der Waals surface area contributed by atoms with Gasteiger partial charge in [-0.1, -0.05) is 79.4 Å². The number of carbonyl (C=O) groups excluding carboxylic acids is 1. The van der Waals surface area contributed by atoms with Crippen LogP contribution in [-0.4, -0.2) is 12.5 Å². The molecule has 3 aromatic rings. The Balaban J connectivity index is 1.89. The van der Waals surface area contributed by atoms with Crippen molar-refractivity contribution in [1.29, 1.82) is 0 Å². The van der Waals surface area contributed by atoms with Crippen LogP contribution < -0.4 is 10.1 Å². The molecule has 0 aromatic heterocycles. The van der Waals surface area contributed by atoms with E-state index in [-0.39, 0.29) is 5.91 Å². The van der Waals surface area contributed by atoms with Crippen molar-refractivity contribution < 1.29 is 9.53 Å². The predicted octanol–water partition coefficient (Wildman–Crippen LogP) is 5.41. The molecule has 0 atom stereocenters. The first-order valence-corrected chi connectivity index (χ1v) is 8.92. The summed E-state index contributed by atoms with van der Waals surface area (Å²) in [4.78, 5) is 13.2. The number of amides is 1. The van der Waals surface area contributed by atoms with Crippen LogP contribution in [0.2, 0.25) is 0 Å². The fourth-order valence-corrected chi connectivity index (χ4v) is 2.89. The molecule has 0 spiro atoms. The average Bonchev–Trinajstić information content (AvgIpc) is 2.69. The molecule has 0 saturated carbocycles. The second-order valence-electron chi connectivity index (χ2n) is 6.49. The molecule has 3 rings (SSSR count). The van der Waals surface area contributed by atoms with Crippen LogP contribution in [0.25, 0.3) is 0 Å². The van der Waals surface area contributed by atoms with Gasteiger partial charge in [0.1, 0.15) is 12.4 Å². The van der Waals surface area contributed by atoms with E-state index in [2.05, 4.69) is 11.9 Å². The van der Waals surface area contributed by atoms with Gasteiger partial charge >= 0.3 is 0 Å². The second kappa shape index (κ2) is 8.86. The van der Waals surface area contributed by atoms with Crippen LogP contribution in [0.1, 0.15) is 24.0 Å². The van der Waals surface area contributed by atoms with Gasteiger partial charge in [-0.3, -0.25) is 4.79 Å². The van der Waals surface area contributed by atoms with Gasteiger partial charge < -0.3 is 10.1 Å². The molecule has 136 valence electrons. The third-order valence-corrected chi connectivity index (χ3v) is 4.15. The molecule has 27 heavy (non-hydrogen) atoms. The molecule has 3 heteroatoms. The molecule has 3 aromatic carbocycles. The molecule has 1 amide bonds. The summed E-state index contributed by atoms with van der Waals surface area (Å²) in [5.41, 5.74) is 3.46. The first-order chi connectivity index (χ1) is 13.1. The highest BCUT2D eigenvalue weighted by Gasteiger charge is 2.23. The molecular weight excluding hydrogens is 334 g/mol. The van der Waals surface area contributed by atoms with Crippen LogP contribution in [0.5, 0.6) is 5.75 Å². The van der Waals surface area contributed by atoms with E-state index < -0.39 is 5.92 Å². The van der Waals surface area contributed by atoms with Crippen LogP contribution in [0.4, 0.5) is 5.69 Å². The molecule has 1 N–H and O–H groups in total. The smallest absolute Gasteiger partial charge is 0.236 e. The normalized spacial score (nSPS) is 10.4. The predicted molar refractivity (Wildman–Crippen MR) is 110 cm³/mol. The van der Waals surface area contributed by atoms with Crippen molar-refractivity contribution in [3.8, 4) is 5.75 Å². The van der Waals surface area contributed by atoms with Gasteiger partial charge in [-0.25, -0.2) is 0 Å². The number of anilines is 1. The zero-order valence-corrected chi connectivity index (χ0v) is 15.4. The van der Waals surface area contributed by atoms with E-state index in [0.717, 1.165) is 16.7 Å². The van der Waals surface area contributed by atoms with E-state index in [1.165, 1.54) is 0 Å². The van der Waals surface area contributed by atoms with Crippen molar-refractivity contribution >= 4 is 11.6 Å².